The maximum Gasteiger partial charge on any atom is 0.254 e. The van der Waals surface area contributed by atoms with Gasteiger partial charge < -0.3 is 15.4 Å². The lowest BCUT2D eigenvalue weighted by molar-refractivity contribution is -0.114. The van der Waals surface area contributed by atoms with E-state index in [0.29, 0.717) is 17.6 Å². The maximum absolute atomic E-state index is 11.5. The highest BCUT2D eigenvalue weighted by molar-refractivity contribution is 5.88. The van der Waals surface area contributed by atoms with Gasteiger partial charge in [0, 0.05) is 30.4 Å². The number of carbonyl (C=O) groups is 1. The van der Waals surface area contributed by atoms with Crippen LogP contribution in [-0.4, -0.2) is 32.8 Å². The highest BCUT2D eigenvalue weighted by atomic mass is 16.5. The molecule has 2 N–H and O–H groups in total. The molecule has 0 spiro atoms. The molecule has 0 aliphatic rings. The lowest BCUT2D eigenvalue weighted by atomic mass is 10.3. The fraction of sp³-hybridized carbons (Fsp3) is 0.222. The van der Waals surface area contributed by atoms with Crippen LogP contribution >= 0.6 is 0 Å². The van der Waals surface area contributed by atoms with Gasteiger partial charge in [0.15, 0.2) is 0 Å². The predicted molar refractivity (Wildman–Crippen MR) is 99.2 cm³/mol. The molecular formula is C18H20N6O2. The second-order valence-electron chi connectivity index (χ2n) is 5.82. The Hall–Kier alpha value is -3.42. The monoisotopic (exact) mass is 352 g/mol. The Morgan fingerprint density at radius 1 is 1.12 bits per heavy atom. The molecule has 1 amide bonds. The van der Waals surface area contributed by atoms with Crippen molar-refractivity contribution in [2.75, 3.05) is 17.7 Å². The largest absolute Gasteiger partial charge is 0.497 e. The molecule has 8 heteroatoms. The van der Waals surface area contributed by atoms with Crippen LogP contribution < -0.4 is 15.4 Å². The van der Waals surface area contributed by atoms with Crippen LogP contribution in [0.5, 0.6) is 5.75 Å². The third-order valence-electron chi connectivity index (χ3n) is 3.56. The average molecular weight is 352 g/mol. The number of amides is 1. The Balaban J connectivity index is 2.01. The predicted octanol–water partition coefficient (Wildman–Crippen LogP) is 2.99. The molecule has 0 aliphatic heterocycles. The van der Waals surface area contributed by atoms with Gasteiger partial charge in [0.1, 0.15) is 17.4 Å². The fourth-order valence-electron chi connectivity index (χ4n) is 2.52. The minimum absolute atomic E-state index is 0.213. The number of aryl methyl sites for hydroxylation is 2. The van der Waals surface area contributed by atoms with Crippen molar-refractivity contribution in [3.05, 3.63) is 47.8 Å². The summed E-state index contributed by atoms with van der Waals surface area (Å²) in [5.41, 5.74) is 2.56. The number of hydrogen-bond acceptors (Lipinski definition) is 6. The van der Waals surface area contributed by atoms with E-state index in [1.807, 2.05) is 44.2 Å². The van der Waals surface area contributed by atoms with E-state index in [9.17, 15) is 4.79 Å². The number of ether oxygens (including phenoxy) is 1. The molecule has 2 aromatic heterocycles. The van der Waals surface area contributed by atoms with Crippen LogP contribution in [0.4, 0.5) is 17.3 Å². The average Bonchev–Trinajstić information content (AvgIpc) is 2.92. The van der Waals surface area contributed by atoms with Crippen molar-refractivity contribution in [1.82, 2.24) is 19.7 Å². The van der Waals surface area contributed by atoms with Gasteiger partial charge >= 0.3 is 0 Å². The lowest BCUT2D eigenvalue weighted by Gasteiger charge is -2.11. The Morgan fingerprint density at radius 2 is 1.88 bits per heavy atom. The van der Waals surface area contributed by atoms with Crippen molar-refractivity contribution >= 4 is 23.2 Å². The lowest BCUT2D eigenvalue weighted by Crippen LogP contribution is -2.12. The van der Waals surface area contributed by atoms with E-state index >= 15 is 0 Å². The number of nitrogens with one attached hydrogen (secondary N) is 2. The summed E-state index contributed by atoms with van der Waals surface area (Å²) in [7, 11) is 1.61. The number of anilines is 3. The summed E-state index contributed by atoms with van der Waals surface area (Å²) >= 11 is 0. The summed E-state index contributed by atoms with van der Waals surface area (Å²) in [5, 5.41) is 10.3. The molecule has 0 atom stereocenters. The van der Waals surface area contributed by atoms with Crippen molar-refractivity contribution in [2.45, 2.75) is 20.8 Å². The van der Waals surface area contributed by atoms with E-state index < -0.39 is 0 Å². The van der Waals surface area contributed by atoms with Crippen LogP contribution in [0, 0.1) is 13.8 Å². The molecule has 134 valence electrons. The number of carbonyl (C=O) groups excluding carboxylic acids is 1. The first kappa shape index (κ1) is 17.4. The number of rotatable bonds is 5. The van der Waals surface area contributed by atoms with E-state index in [-0.39, 0.29) is 5.91 Å². The third kappa shape index (κ3) is 3.97. The summed E-state index contributed by atoms with van der Waals surface area (Å²) in [6.45, 7) is 5.25. The molecule has 0 bridgehead atoms. The summed E-state index contributed by atoms with van der Waals surface area (Å²) in [6.07, 6.45) is 0. The van der Waals surface area contributed by atoms with E-state index in [4.69, 9.17) is 4.74 Å². The van der Waals surface area contributed by atoms with Gasteiger partial charge in [-0.3, -0.25) is 4.79 Å². The van der Waals surface area contributed by atoms with Crippen LogP contribution in [-0.2, 0) is 4.79 Å². The van der Waals surface area contributed by atoms with Crippen molar-refractivity contribution in [1.29, 1.82) is 0 Å². The molecule has 0 radical (unpaired) electrons. The minimum Gasteiger partial charge on any atom is -0.497 e. The SMILES string of the molecule is COc1cccc(Nc2cc(NC(C)=O)nc(-n3nc(C)cc3C)n2)c1. The first-order valence-electron chi connectivity index (χ1n) is 8.06. The van der Waals surface area contributed by atoms with E-state index in [0.717, 1.165) is 22.8 Å². The first-order chi connectivity index (χ1) is 12.4. The Kier molecular flexibility index (Phi) is 4.83. The quantitative estimate of drug-likeness (QED) is 0.733. The third-order valence-corrected chi connectivity index (χ3v) is 3.56. The van der Waals surface area contributed by atoms with Crippen molar-refractivity contribution in [2.24, 2.45) is 0 Å². The summed E-state index contributed by atoms with van der Waals surface area (Å²) in [5.74, 6) is 1.80. The second kappa shape index (κ2) is 7.22. The number of aromatic nitrogens is 4. The van der Waals surface area contributed by atoms with Gasteiger partial charge in [-0.25, -0.2) is 4.68 Å². The van der Waals surface area contributed by atoms with Gasteiger partial charge in [-0.2, -0.15) is 15.1 Å². The van der Waals surface area contributed by atoms with Gasteiger partial charge in [-0.05, 0) is 32.0 Å². The maximum atomic E-state index is 11.5. The van der Waals surface area contributed by atoms with E-state index in [1.165, 1.54) is 6.92 Å². The Labute approximate surface area is 151 Å². The Morgan fingerprint density at radius 3 is 2.54 bits per heavy atom. The zero-order valence-electron chi connectivity index (χ0n) is 15.1. The molecule has 2 heterocycles. The molecule has 8 nitrogen and oxygen atoms in total. The van der Waals surface area contributed by atoms with Crippen molar-refractivity contribution in [3.8, 4) is 11.7 Å². The van der Waals surface area contributed by atoms with Crippen LogP contribution in [0.3, 0.4) is 0 Å². The van der Waals surface area contributed by atoms with Gasteiger partial charge in [0.05, 0.1) is 12.8 Å². The number of nitrogens with zero attached hydrogens (tertiary/aromatic N) is 4. The first-order valence-corrected chi connectivity index (χ1v) is 8.06. The molecule has 0 aliphatic carbocycles. The van der Waals surface area contributed by atoms with Gasteiger partial charge in [0.25, 0.3) is 5.95 Å². The molecular weight excluding hydrogens is 332 g/mol. The summed E-state index contributed by atoms with van der Waals surface area (Å²) in [6, 6.07) is 11.1. The number of hydrogen-bond donors (Lipinski definition) is 2. The molecule has 0 saturated heterocycles. The van der Waals surface area contributed by atoms with Crippen LogP contribution in [0.2, 0.25) is 0 Å². The van der Waals surface area contributed by atoms with Crippen LogP contribution in [0.25, 0.3) is 5.95 Å². The summed E-state index contributed by atoms with van der Waals surface area (Å²) < 4.78 is 6.87. The molecule has 3 aromatic rings. The zero-order valence-corrected chi connectivity index (χ0v) is 15.1. The van der Waals surface area contributed by atoms with Crippen LogP contribution in [0.15, 0.2) is 36.4 Å². The molecule has 26 heavy (non-hydrogen) atoms. The highest BCUT2D eigenvalue weighted by Gasteiger charge is 2.11. The molecule has 0 unspecified atom stereocenters. The number of benzene rings is 1. The normalized spacial score (nSPS) is 10.5. The standard InChI is InChI=1S/C18H20N6O2/c1-11-8-12(2)24(23-11)18-21-16(19-13(3)25)10-17(22-18)20-14-6-5-7-15(9-14)26-4/h5-10H,1-4H3,(H2,19,20,21,22,25). The van der Waals surface area contributed by atoms with Crippen LogP contribution in [0.1, 0.15) is 18.3 Å². The zero-order chi connectivity index (χ0) is 18.7. The smallest absolute Gasteiger partial charge is 0.254 e. The topological polar surface area (TPSA) is 94.0 Å². The molecule has 3 rings (SSSR count). The minimum atomic E-state index is -0.213. The van der Waals surface area contributed by atoms with Crippen molar-refractivity contribution in [3.63, 3.8) is 0 Å². The molecule has 1 aromatic carbocycles. The fourth-order valence-corrected chi connectivity index (χ4v) is 2.52. The van der Waals surface area contributed by atoms with Crippen molar-refractivity contribution < 1.29 is 9.53 Å². The van der Waals surface area contributed by atoms with Gasteiger partial charge in [-0.15, -0.1) is 0 Å². The van der Waals surface area contributed by atoms with Gasteiger partial charge in [-0.1, -0.05) is 6.07 Å². The van der Waals surface area contributed by atoms with E-state index in [2.05, 4.69) is 25.7 Å². The molecule has 0 fully saturated rings. The summed E-state index contributed by atoms with van der Waals surface area (Å²) in [4.78, 5) is 20.4. The second-order valence-corrected chi connectivity index (χ2v) is 5.82. The molecule has 0 saturated carbocycles. The van der Waals surface area contributed by atoms with E-state index in [1.54, 1.807) is 17.9 Å². The number of methoxy groups -OCH3 is 1. The Bertz CT molecular complexity index is 951. The van der Waals surface area contributed by atoms with Gasteiger partial charge in [0.2, 0.25) is 5.91 Å². The highest BCUT2D eigenvalue weighted by Crippen LogP contribution is 2.22.